The molecule has 0 fully saturated rings. The van der Waals surface area contributed by atoms with E-state index in [0.717, 1.165) is 0 Å². The molecule has 0 atom stereocenters. The number of carbonyl (C=O) groups excluding carboxylic acids is 1. The highest BCUT2D eigenvalue weighted by atomic mass is 16.1. The van der Waals surface area contributed by atoms with E-state index in [2.05, 4.69) is 4.99 Å². The molecule has 0 spiro atoms. The number of rotatable bonds is 0. The molecule has 0 bridgehead atoms. The van der Waals surface area contributed by atoms with Gasteiger partial charge in [0.05, 0.1) is 0 Å². The van der Waals surface area contributed by atoms with Gasteiger partial charge in [-0.05, 0) is 6.92 Å². The summed E-state index contributed by atoms with van der Waals surface area (Å²) < 4.78 is 0. The van der Waals surface area contributed by atoms with Gasteiger partial charge in [-0.25, -0.2) is 4.99 Å². The van der Waals surface area contributed by atoms with Crippen molar-refractivity contribution in [2.75, 3.05) is 0 Å². The van der Waals surface area contributed by atoms with Crippen LogP contribution in [0.2, 0.25) is 0 Å². The molecule has 0 radical (unpaired) electrons. The van der Waals surface area contributed by atoms with E-state index < -0.39 is 0 Å². The van der Waals surface area contributed by atoms with E-state index in [0.29, 0.717) is 0 Å². The maximum Gasteiger partial charge on any atom is 0.242 e. The van der Waals surface area contributed by atoms with Crippen LogP contribution >= 0.6 is 0 Å². The molecule has 0 saturated heterocycles. The van der Waals surface area contributed by atoms with Crippen LogP contribution in [0.15, 0.2) is 4.99 Å². The lowest BCUT2D eigenvalue weighted by Gasteiger charge is -1.69. The van der Waals surface area contributed by atoms with E-state index in [1.54, 1.807) is 6.92 Å². The summed E-state index contributed by atoms with van der Waals surface area (Å²) in [6.07, 6.45) is 1.47. The molecule has 0 rings (SSSR count). The summed E-state index contributed by atoms with van der Waals surface area (Å²) in [5.74, 6) is -0.141. The summed E-state index contributed by atoms with van der Waals surface area (Å²) in [5.41, 5.74) is 0. The van der Waals surface area contributed by atoms with E-state index in [9.17, 15) is 4.79 Å². The van der Waals surface area contributed by atoms with Crippen LogP contribution in [0.25, 0.3) is 0 Å². The minimum absolute atomic E-state index is 0.141. The van der Waals surface area contributed by atoms with Gasteiger partial charge in [0.15, 0.2) is 0 Å². The quantitative estimate of drug-likeness (QED) is 0.396. The van der Waals surface area contributed by atoms with Crippen molar-refractivity contribution in [2.45, 2.75) is 13.8 Å². The molecule has 34 valence electrons. The normalized spacial score (nSPS) is 9.67. The van der Waals surface area contributed by atoms with Crippen LogP contribution in [-0.4, -0.2) is 12.1 Å². The van der Waals surface area contributed by atoms with Gasteiger partial charge < -0.3 is 0 Å². The lowest BCUT2D eigenvalue weighted by atomic mass is 10.7. The van der Waals surface area contributed by atoms with Gasteiger partial charge in [0.2, 0.25) is 5.91 Å². The second kappa shape index (κ2) is 2.57. The first kappa shape index (κ1) is 5.34. The molecule has 0 N–H and O–H groups in total. The van der Waals surface area contributed by atoms with Crippen LogP contribution in [0, 0.1) is 0 Å². The van der Waals surface area contributed by atoms with Gasteiger partial charge in [0, 0.05) is 13.1 Å². The summed E-state index contributed by atoms with van der Waals surface area (Å²) in [7, 11) is 0. The Kier molecular flexibility index (Phi) is 2.29. The Labute approximate surface area is 36.9 Å². The molecule has 0 saturated carbocycles. The third-order valence-electron chi connectivity index (χ3n) is 0.311. The first-order valence-corrected chi connectivity index (χ1v) is 1.76. The fourth-order valence-corrected chi connectivity index (χ4v) is 0.182. The highest BCUT2D eigenvalue weighted by Crippen LogP contribution is 1.63. The average Bonchev–Trinajstić information content (AvgIpc) is 1.35. The van der Waals surface area contributed by atoms with Gasteiger partial charge in [-0.2, -0.15) is 0 Å². The van der Waals surface area contributed by atoms with Crippen LogP contribution in [0.3, 0.4) is 0 Å². The molecule has 0 aliphatic heterocycles. The van der Waals surface area contributed by atoms with Crippen LogP contribution in [0.1, 0.15) is 13.8 Å². The second-order valence-electron chi connectivity index (χ2n) is 0.906. The molecule has 1 amide bonds. The van der Waals surface area contributed by atoms with Crippen molar-refractivity contribution in [1.29, 1.82) is 0 Å². The molecule has 0 aromatic heterocycles. The molecule has 0 aromatic carbocycles. The Morgan fingerprint density at radius 3 is 2.33 bits per heavy atom. The second-order valence-corrected chi connectivity index (χ2v) is 0.906. The number of hydrogen-bond donors (Lipinski definition) is 0. The predicted molar refractivity (Wildman–Crippen MR) is 24.8 cm³/mol. The minimum Gasteiger partial charge on any atom is -0.273 e. The maximum atomic E-state index is 9.85. The predicted octanol–water partition coefficient (Wildman–Crippen LogP) is 0.624. The minimum atomic E-state index is -0.141. The van der Waals surface area contributed by atoms with Crippen LogP contribution < -0.4 is 0 Å². The van der Waals surface area contributed by atoms with Gasteiger partial charge in [-0.3, -0.25) is 4.79 Å². The number of hydrogen-bond acceptors (Lipinski definition) is 1. The lowest BCUT2D eigenvalue weighted by molar-refractivity contribution is -0.115. The molecule has 2 heteroatoms. The summed E-state index contributed by atoms with van der Waals surface area (Å²) in [5, 5.41) is 0. The van der Waals surface area contributed by atoms with Gasteiger partial charge in [0.25, 0.3) is 0 Å². The average molecular weight is 85.1 g/mol. The Hall–Kier alpha value is -0.660. The Morgan fingerprint density at radius 2 is 2.33 bits per heavy atom. The zero-order chi connectivity index (χ0) is 4.99. The van der Waals surface area contributed by atoms with Gasteiger partial charge >= 0.3 is 0 Å². The molecule has 6 heavy (non-hydrogen) atoms. The molecule has 0 aliphatic carbocycles. The number of aliphatic imine (C=N–C) groups is 1. The molecule has 0 heterocycles. The van der Waals surface area contributed by atoms with Crippen LogP contribution in [0.5, 0.6) is 0 Å². The Bertz CT molecular complexity index is 75.6. The van der Waals surface area contributed by atoms with E-state index in [4.69, 9.17) is 0 Å². The summed E-state index contributed by atoms with van der Waals surface area (Å²) in [6.45, 7) is 3.13. The first-order chi connectivity index (χ1) is 2.77. The highest BCUT2D eigenvalue weighted by molar-refractivity contribution is 5.81. The standard InChI is InChI=1S/C4H7NO/c1-3-5-4(2)6/h3H,1-2H3/b5-3-. The van der Waals surface area contributed by atoms with Gasteiger partial charge in [0.1, 0.15) is 0 Å². The molecule has 0 unspecified atom stereocenters. The number of nitrogens with zero attached hydrogens (tertiary/aromatic N) is 1. The molecule has 0 aromatic rings. The van der Waals surface area contributed by atoms with Crippen molar-refractivity contribution in [1.82, 2.24) is 0 Å². The Balaban J connectivity index is 3.30. The number of carbonyl (C=O) groups is 1. The van der Waals surface area contributed by atoms with Crippen molar-refractivity contribution < 1.29 is 4.79 Å². The molecule has 0 aliphatic rings. The fraction of sp³-hybridized carbons (Fsp3) is 0.500. The summed E-state index contributed by atoms with van der Waals surface area (Å²) >= 11 is 0. The summed E-state index contributed by atoms with van der Waals surface area (Å²) in [6, 6.07) is 0. The monoisotopic (exact) mass is 85.1 g/mol. The summed E-state index contributed by atoms with van der Waals surface area (Å²) in [4.78, 5) is 13.2. The third kappa shape index (κ3) is 3.34. The SMILES string of the molecule is C/C=N\C(C)=O. The van der Waals surface area contributed by atoms with Crippen molar-refractivity contribution in [3.63, 3.8) is 0 Å². The number of amides is 1. The zero-order valence-corrected chi connectivity index (χ0v) is 3.93. The van der Waals surface area contributed by atoms with Gasteiger partial charge in [-0.15, -0.1) is 0 Å². The van der Waals surface area contributed by atoms with Crippen LogP contribution in [-0.2, 0) is 4.79 Å². The van der Waals surface area contributed by atoms with Crippen LogP contribution in [0.4, 0.5) is 0 Å². The molecular weight excluding hydrogens is 78.0 g/mol. The fourth-order valence-electron chi connectivity index (χ4n) is 0.182. The van der Waals surface area contributed by atoms with E-state index >= 15 is 0 Å². The molecular formula is C4H7NO. The van der Waals surface area contributed by atoms with Gasteiger partial charge in [-0.1, -0.05) is 0 Å². The van der Waals surface area contributed by atoms with E-state index in [1.165, 1.54) is 13.1 Å². The zero-order valence-electron chi connectivity index (χ0n) is 3.93. The van der Waals surface area contributed by atoms with Crippen molar-refractivity contribution in [3.05, 3.63) is 0 Å². The lowest BCUT2D eigenvalue weighted by Crippen LogP contribution is -1.78. The smallest absolute Gasteiger partial charge is 0.242 e. The maximum absolute atomic E-state index is 9.85. The van der Waals surface area contributed by atoms with E-state index in [-0.39, 0.29) is 5.91 Å². The Morgan fingerprint density at radius 1 is 1.83 bits per heavy atom. The molecule has 2 nitrogen and oxygen atoms in total. The third-order valence-corrected chi connectivity index (χ3v) is 0.311. The first-order valence-electron chi connectivity index (χ1n) is 1.76. The van der Waals surface area contributed by atoms with E-state index in [1.807, 2.05) is 0 Å². The highest BCUT2D eigenvalue weighted by Gasteiger charge is 1.73. The van der Waals surface area contributed by atoms with Crippen molar-refractivity contribution in [2.24, 2.45) is 4.99 Å². The topological polar surface area (TPSA) is 29.4 Å². The van der Waals surface area contributed by atoms with Crippen molar-refractivity contribution >= 4 is 12.1 Å². The largest absolute Gasteiger partial charge is 0.273 e. The van der Waals surface area contributed by atoms with Crippen molar-refractivity contribution in [3.8, 4) is 0 Å².